The normalized spacial score (nSPS) is 10.3. The number of hydrogen-bond donors (Lipinski definition) is 3. The molecule has 0 aliphatic carbocycles. The molecule has 0 saturated carbocycles. The van der Waals surface area contributed by atoms with Gasteiger partial charge in [-0.1, -0.05) is 83.4 Å². The number of carbonyl (C=O) groups excluding carboxylic acids is 1. The molecule has 10 heteroatoms. The lowest BCUT2D eigenvalue weighted by atomic mass is 10.0. The van der Waals surface area contributed by atoms with Gasteiger partial charge >= 0.3 is 6.01 Å². The van der Waals surface area contributed by atoms with Crippen molar-refractivity contribution in [2.45, 2.75) is 0 Å². The highest BCUT2D eigenvalue weighted by Gasteiger charge is 2.15. The number of benzene rings is 3. The van der Waals surface area contributed by atoms with Gasteiger partial charge < -0.3 is 10.1 Å². The lowest BCUT2D eigenvalue weighted by Crippen LogP contribution is -2.45. The first-order chi connectivity index (χ1) is 16.6. The molecular formula is C24H19ClN6O2S. The van der Waals surface area contributed by atoms with Crippen LogP contribution >= 0.6 is 23.8 Å². The monoisotopic (exact) mass is 490 g/mol. The molecule has 0 spiro atoms. The van der Waals surface area contributed by atoms with E-state index in [0.29, 0.717) is 22.1 Å². The van der Waals surface area contributed by atoms with Crippen molar-refractivity contribution in [3.63, 3.8) is 0 Å². The van der Waals surface area contributed by atoms with Crippen LogP contribution in [0.1, 0.15) is 0 Å². The number of nitrogens with one attached hydrogen (secondary N) is 3. The van der Waals surface area contributed by atoms with Gasteiger partial charge in [0.2, 0.25) is 0 Å². The molecule has 0 aliphatic rings. The SMILES string of the molecule is O=C(COc1nnc(-c2ccccc2)c(-c2ccccc2)n1)NNC(=S)Nc1cccc(Cl)c1. The second-order valence-corrected chi connectivity index (χ2v) is 7.79. The van der Waals surface area contributed by atoms with Gasteiger partial charge in [-0.3, -0.25) is 15.6 Å². The van der Waals surface area contributed by atoms with Crippen LogP contribution in [-0.4, -0.2) is 32.8 Å². The third-order valence-electron chi connectivity index (χ3n) is 4.49. The number of nitrogens with zero attached hydrogens (tertiary/aromatic N) is 3. The fourth-order valence-corrected chi connectivity index (χ4v) is 3.34. The van der Waals surface area contributed by atoms with Gasteiger partial charge in [0.15, 0.2) is 11.7 Å². The number of anilines is 1. The van der Waals surface area contributed by atoms with Crippen LogP contribution in [0.4, 0.5) is 5.69 Å². The Kier molecular flexibility index (Phi) is 7.59. The fourth-order valence-electron chi connectivity index (χ4n) is 2.98. The second-order valence-electron chi connectivity index (χ2n) is 6.95. The van der Waals surface area contributed by atoms with Crippen LogP contribution in [0.3, 0.4) is 0 Å². The molecule has 3 aromatic carbocycles. The summed E-state index contributed by atoms with van der Waals surface area (Å²) in [5, 5.41) is 12.0. The molecule has 0 fully saturated rings. The summed E-state index contributed by atoms with van der Waals surface area (Å²) in [5.41, 5.74) is 8.66. The van der Waals surface area contributed by atoms with Crippen LogP contribution in [0, 0.1) is 0 Å². The fraction of sp³-hybridized carbons (Fsp3) is 0.0417. The van der Waals surface area contributed by atoms with Gasteiger partial charge in [-0.25, -0.2) is 0 Å². The first kappa shape index (κ1) is 23.1. The summed E-state index contributed by atoms with van der Waals surface area (Å²) in [6.45, 7) is -0.340. The summed E-state index contributed by atoms with van der Waals surface area (Å²) in [5.74, 6) is -0.479. The van der Waals surface area contributed by atoms with Gasteiger partial charge in [0.25, 0.3) is 5.91 Å². The van der Waals surface area contributed by atoms with E-state index in [9.17, 15) is 4.79 Å². The van der Waals surface area contributed by atoms with Crippen LogP contribution in [-0.2, 0) is 4.79 Å². The summed E-state index contributed by atoms with van der Waals surface area (Å²) in [7, 11) is 0. The maximum atomic E-state index is 12.2. The maximum absolute atomic E-state index is 12.2. The van der Waals surface area contributed by atoms with E-state index in [0.717, 1.165) is 11.1 Å². The van der Waals surface area contributed by atoms with E-state index in [1.54, 1.807) is 24.3 Å². The standard InChI is InChI=1S/C24H19ClN6O2S/c25-18-12-7-13-19(14-18)26-24(34)31-28-20(32)15-33-23-27-21(16-8-3-1-4-9-16)22(29-30-23)17-10-5-2-6-11-17/h1-14H,15H2,(H,28,32)(H2,26,31,34). The number of hydrogen-bond acceptors (Lipinski definition) is 6. The summed E-state index contributed by atoms with van der Waals surface area (Å²) in [4.78, 5) is 16.7. The van der Waals surface area contributed by atoms with Crippen molar-refractivity contribution in [1.29, 1.82) is 0 Å². The molecule has 0 bridgehead atoms. The molecule has 0 radical (unpaired) electrons. The third-order valence-corrected chi connectivity index (χ3v) is 4.93. The molecule has 0 saturated heterocycles. The highest BCUT2D eigenvalue weighted by molar-refractivity contribution is 7.80. The topological polar surface area (TPSA) is 101 Å². The van der Waals surface area contributed by atoms with E-state index in [2.05, 4.69) is 31.3 Å². The van der Waals surface area contributed by atoms with Crippen LogP contribution in [0.2, 0.25) is 5.02 Å². The molecule has 8 nitrogen and oxygen atoms in total. The number of ether oxygens (including phenoxy) is 1. The number of rotatable bonds is 6. The van der Waals surface area contributed by atoms with Crippen molar-refractivity contribution in [3.05, 3.63) is 90.0 Å². The minimum atomic E-state index is -0.479. The number of aromatic nitrogens is 3. The smallest absolute Gasteiger partial charge is 0.336 e. The average molecular weight is 491 g/mol. The number of halogens is 1. The lowest BCUT2D eigenvalue weighted by molar-refractivity contribution is -0.123. The van der Waals surface area contributed by atoms with Crippen molar-refractivity contribution in [2.24, 2.45) is 0 Å². The molecule has 4 aromatic rings. The zero-order valence-corrected chi connectivity index (χ0v) is 19.3. The zero-order valence-electron chi connectivity index (χ0n) is 17.7. The Labute approximate surface area is 206 Å². The maximum Gasteiger partial charge on any atom is 0.336 e. The van der Waals surface area contributed by atoms with Crippen molar-refractivity contribution in [3.8, 4) is 28.5 Å². The quantitative estimate of drug-likeness (QED) is 0.272. The largest absolute Gasteiger partial charge is 0.452 e. The van der Waals surface area contributed by atoms with Crippen LogP contribution in [0.5, 0.6) is 6.01 Å². The molecule has 0 aliphatic heterocycles. The second kappa shape index (κ2) is 11.2. The van der Waals surface area contributed by atoms with Gasteiger partial charge in [-0.15, -0.1) is 5.10 Å². The van der Waals surface area contributed by atoms with Crippen LogP contribution in [0.25, 0.3) is 22.5 Å². The Bertz CT molecular complexity index is 1290. The van der Waals surface area contributed by atoms with Gasteiger partial charge in [0.1, 0.15) is 11.4 Å². The van der Waals surface area contributed by atoms with Crippen molar-refractivity contribution in [2.75, 3.05) is 11.9 Å². The first-order valence-corrected chi connectivity index (χ1v) is 11.0. The molecule has 0 unspecified atom stereocenters. The molecular weight excluding hydrogens is 472 g/mol. The summed E-state index contributed by atoms with van der Waals surface area (Å²) >= 11 is 11.1. The molecule has 1 heterocycles. The highest BCUT2D eigenvalue weighted by Crippen LogP contribution is 2.29. The number of hydrazine groups is 1. The predicted octanol–water partition coefficient (Wildman–Crippen LogP) is 4.26. The summed E-state index contributed by atoms with van der Waals surface area (Å²) in [6.07, 6.45) is 0. The van der Waals surface area contributed by atoms with Gasteiger partial charge in [-0.2, -0.15) is 4.98 Å². The highest BCUT2D eigenvalue weighted by atomic mass is 35.5. The third kappa shape index (κ3) is 6.25. The van der Waals surface area contributed by atoms with Crippen molar-refractivity contribution >= 4 is 40.5 Å². The molecule has 1 aromatic heterocycles. The molecule has 34 heavy (non-hydrogen) atoms. The molecule has 170 valence electrons. The summed E-state index contributed by atoms with van der Waals surface area (Å²) in [6, 6.07) is 26.2. The molecule has 3 N–H and O–H groups in total. The van der Waals surface area contributed by atoms with Gasteiger partial charge in [0, 0.05) is 21.8 Å². The van der Waals surface area contributed by atoms with E-state index in [-0.39, 0.29) is 17.7 Å². The number of thiocarbonyl (C=S) groups is 1. The van der Waals surface area contributed by atoms with E-state index < -0.39 is 5.91 Å². The van der Waals surface area contributed by atoms with Crippen molar-refractivity contribution < 1.29 is 9.53 Å². The Morgan fingerprint density at radius 2 is 1.53 bits per heavy atom. The van der Waals surface area contributed by atoms with E-state index >= 15 is 0 Å². The minimum Gasteiger partial charge on any atom is -0.452 e. The zero-order chi connectivity index (χ0) is 23.8. The van der Waals surface area contributed by atoms with Crippen LogP contribution in [0.15, 0.2) is 84.9 Å². The summed E-state index contributed by atoms with van der Waals surface area (Å²) < 4.78 is 5.47. The Morgan fingerprint density at radius 1 is 0.853 bits per heavy atom. The molecule has 0 atom stereocenters. The van der Waals surface area contributed by atoms with E-state index in [1.807, 2.05) is 60.7 Å². The number of carbonyl (C=O) groups is 1. The minimum absolute atomic E-state index is 0.0201. The Balaban J connectivity index is 1.39. The van der Waals surface area contributed by atoms with E-state index in [1.165, 1.54) is 0 Å². The molecule has 1 amide bonds. The number of amides is 1. The van der Waals surface area contributed by atoms with Crippen LogP contribution < -0.4 is 20.9 Å². The lowest BCUT2D eigenvalue weighted by Gasteiger charge is -2.12. The Morgan fingerprint density at radius 3 is 2.21 bits per heavy atom. The first-order valence-electron chi connectivity index (χ1n) is 10.2. The predicted molar refractivity (Wildman–Crippen MR) is 135 cm³/mol. The van der Waals surface area contributed by atoms with Gasteiger partial charge in [-0.05, 0) is 30.4 Å². The van der Waals surface area contributed by atoms with E-state index in [4.69, 9.17) is 28.6 Å². The van der Waals surface area contributed by atoms with Gasteiger partial charge in [0.05, 0.1) is 0 Å². The van der Waals surface area contributed by atoms with Crippen molar-refractivity contribution in [1.82, 2.24) is 26.0 Å². The average Bonchev–Trinajstić information content (AvgIpc) is 2.87. The Hall–Kier alpha value is -4.08. The molecule has 4 rings (SSSR count).